The summed E-state index contributed by atoms with van der Waals surface area (Å²) in [5, 5.41) is 21.5. The summed E-state index contributed by atoms with van der Waals surface area (Å²) in [7, 11) is 0. The third-order valence-electron chi connectivity index (χ3n) is 4.19. The third kappa shape index (κ3) is 3.77. The Labute approximate surface area is 163 Å². The van der Waals surface area contributed by atoms with Crippen LogP contribution in [-0.4, -0.2) is 29.8 Å². The largest absolute Gasteiger partial charge is 0.313 e. The zero-order chi connectivity index (χ0) is 19.7. The minimum Gasteiger partial charge on any atom is -0.313 e. The van der Waals surface area contributed by atoms with Crippen molar-refractivity contribution in [1.29, 1.82) is 0 Å². The summed E-state index contributed by atoms with van der Waals surface area (Å²) in [5.74, 6) is -0.676. The summed E-state index contributed by atoms with van der Waals surface area (Å²) in [5.41, 5.74) is 0.908. The smallest absolute Gasteiger partial charge is 0.211 e. The normalized spacial score (nSPS) is 12.3. The van der Waals surface area contributed by atoms with E-state index < -0.39 is 11.6 Å². The molecule has 0 amide bonds. The van der Waals surface area contributed by atoms with Crippen molar-refractivity contribution in [2.75, 3.05) is 5.32 Å². The van der Waals surface area contributed by atoms with E-state index in [1.54, 1.807) is 12.3 Å². The number of benzene rings is 1. The maximum absolute atomic E-state index is 13.8. The Kier molecular flexibility index (Phi) is 4.86. The molecule has 3 heterocycles. The van der Waals surface area contributed by atoms with Crippen molar-refractivity contribution in [2.24, 2.45) is 0 Å². The molecule has 28 heavy (non-hydrogen) atoms. The molecule has 4 rings (SSSR count). The quantitative estimate of drug-likeness (QED) is 0.530. The van der Waals surface area contributed by atoms with Crippen LogP contribution in [0.4, 0.5) is 19.7 Å². The van der Waals surface area contributed by atoms with Gasteiger partial charge in [-0.3, -0.25) is 9.36 Å². The van der Waals surface area contributed by atoms with Gasteiger partial charge >= 0.3 is 0 Å². The summed E-state index contributed by atoms with van der Waals surface area (Å²) in [6, 6.07) is 7.39. The molecule has 0 aliphatic heterocycles. The van der Waals surface area contributed by atoms with E-state index in [1.807, 2.05) is 30.8 Å². The number of nitrogens with one attached hydrogen (secondary N) is 1. The lowest BCUT2D eigenvalue weighted by Crippen LogP contribution is -2.07. The van der Waals surface area contributed by atoms with Gasteiger partial charge in [0.1, 0.15) is 22.7 Å². The lowest BCUT2D eigenvalue weighted by atomic mass is 10.2. The minimum absolute atomic E-state index is 0.00274. The molecule has 144 valence electrons. The van der Waals surface area contributed by atoms with Crippen LogP contribution in [0.2, 0.25) is 0 Å². The number of hydrogen-bond donors (Lipinski definition) is 1. The number of anilines is 2. The first-order valence-electron chi connectivity index (χ1n) is 8.58. The fraction of sp³-hybridized carbons (Fsp3) is 0.222. The first-order valence-corrected chi connectivity index (χ1v) is 9.40. The lowest BCUT2D eigenvalue weighted by molar-refractivity contribution is 0.533. The third-order valence-corrected chi connectivity index (χ3v) is 5.20. The molecule has 0 saturated heterocycles. The fourth-order valence-corrected chi connectivity index (χ4v) is 3.48. The van der Waals surface area contributed by atoms with Crippen LogP contribution in [0.3, 0.4) is 0 Å². The molecule has 1 atom stereocenters. The summed E-state index contributed by atoms with van der Waals surface area (Å²) in [6.45, 7) is 3.92. The van der Waals surface area contributed by atoms with Crippen LogP contribution in [0, 0.1) is 18.6 Å². The molecule has 1 aromatic carbocycles. The highest BCUT2D eigenvalue weighted by molar-refractivity contribution is 7.15. The molecule has 3 aromatic heterocycles. The Morgan fingerprint density at radius 2 is 1.86 bits per heavy atom. The summed E-state index contributed by atoms with van der Waals surface area (Å²) < 4.78 is 30.9. The van der Waals surface area contributed by atoms with Crippen molar-refractivity contribution in [3.63, 3.8) is 0 Å². The molecule has 0 radical (unpaired) electrons. The maximum atomic E-state index is 13.8. The first-order chi connectivity index (χ1) is 13.5. The van der Waals surface area contributed by atoms with Crippen LogP contribution in [0.5, 0.6) is 0 Å². The Hall–Kier alpha value is -3.14. The second-order valence-electron chi connectivity index (χ2n) is 6.28. The van der Waals surface area contributed by atoms with Gasteiger partial charge in [-0.2, -0.15) is 10.2 Å². The van der Waals surface area contributed by atoms with Crippen LogP contribution in [0.15, 0.2) is 42.7 Å². The van der Waals surface area contributed by atoms with Gasteiger partial charge in [-0.1, -0.05) is 17.4 Å². The zero-order valence-electron chi connectivity index (χ0n) is 15.2. The minimum atomic E-state index is -0.596. The molecule has 1 N–H and O–H groups in total. The van der Waals surface area contributed by atoms with Gasteiger partial charge in [0, 0.05) is 24.0 Å². The lowest BCUT2D eigenvalue weighted by Gasteiger charge is -2.07. The Bertz CT molecular complexity index is 1080. The molecule has 0 bridgehead atoms. The van der Waals surface area contributed by atoms with Crippen LogP contribution < -0.4 is 5.32 Å². The number of nitrogens with zero attached hydrogens (tertiary/aromatic N) is 6. The number of hydrogen-bond acceptors (Lipinski definition) is 6. The molecular formula is C18H17F2N7S. The van der Waals surface area contributed by atoms with Crippen molar-refractivity contribution >= 4 is 22.3 Å². The number of rotatable bonds is 6. The van der Waals surface area contributed by atoms with Crippen molar-refractivity contribution in [2.45, 2.75) is 26.4 Å². The van der Waals surface area contributed by atoms with Crippen molar-refractivity contribution in [3.05, 3.63) is 70.6 Å². The van der Waals surface area contributed by atoms with Crippen molar-refractivity contribution in [3.8, 4) is 0 Å². The van der Waals surface area contributed by atoms with Crippen molar-refractivity contribution < 1.29 is 8.78 Å². The molecule has 1 unspecified atom stereocenters. The fourth-order valence-electron chi connectivity index (χ4n) is 2.69. The second-order valence-corrected chi connectivity index (χ2v) is 7.29. The van der Waals surface area contributed by atoms with Crippen LogP contribution >= 0.6 is 11.3 Å². The van der Waals surface area contributed by atoms with Crippen LogP contribution in [-0.2, 0) is 6.54 Å². The van der Waals surface area contributed by atoms with Gasteiger partial charge in [0.15, 0.2) is 5.82 Å². The van der Waals surface area contributed by atoms with E-state index >= 15 is 0 Å². The Morgan fingerprint density at radius 1 is 1.07 bits per heavy atom. The van der Waals surface area contributed by atoms with E-state index in [0.29, 0.717) is 10.9 Å². The molecule has 0 spiro atoms. The predicted molar refractivity (Wildman–Crippen MR) is 102 cm³/mol. The standard InChI is InChI=1S/C18H17F2N7S/c1-11-6-9-27(24-11)12(2)17-22-23-18(28-17)21-16-7-8-26(25-16)10-13-14(19)4-3-5-15(13)20/h3-9,12H,10H2,1-2H3,(H,21,23,25). The molecule has 0 saturated carbocycles. The van der Waals surface area contributed by atoms with Gasteiger partial charge in [-0.05, 0) is 32.0 Å². The predicted octanol–water partition coefficient (Wildman–Crippen LogP) is 3.92. The van der Waals surface area contributed by atoms with E-state index in [0.717, 1.165) is 10.7 Å². The van der Waals surface area contributed by atoms with Gasteiger partial charge in [0.2, 0.25) is 5.13 Å². The van der Waals surface area contributed by atoms with Crippen LogP contribution in [0.25, 0.3) is 0 Å². The van der Waals surface area contributed by atoms with E-state index in [9.17, 15) is 8.78 Å². The van der Waals surface area contributed by atoms with Crippen molar-refractivity contribution in [1.82, 2.24) is 29.8 Å². The van der Waals surface area contributed by atoms with Gasteiger partial charge < -0.3 is 5.32 Å². The number of halogens is 2. The molecule has 4 aromatic rings. The van der Waals surface area contributed by atoms with Gasteiger partial charge in [0.25, 0.3) is 0 Å². The van der Waals surface area contributed by atoms with E-state index in [4.69, 9.17) is 0 Å². The second kappa shape index (κ2) is 7.47. The summed E-state index contributed by atoms with van der Waals surface area (Å²) in [6.07, 6.45) is 3.54. The molecule has 0 fully saturated rings. The Balaban J connectivity index is 1.45. The molecule has 0 aliphatic carbocycles. The highest BCUT2D eigenvalue weighted by Crippen LogP contribution is 2.26. The monoisotopic (exact) mass is 401 g/mol. The first kappa shape index (κ1) is 18.2. The zero-order valence-corrected chi connectivity index (χ0v) is 16.0. The highest BCUT2D eigenvalue weighted by Gasteiger charge is 2.15. The topological polar surface area (TPSA) is 73.5 Å². The van der Waals surface area contributed by atoms with E-state index in [-0.39, 0.29) is 18.2 Å². The molecule has 10 heteroatoms. The SMILES string of the molecule is Cc1ccn(C(C)c2nnc(Nc3ccn(Cc4c(F)cccc4F)n3)s2)n1. The molecular weight excluding hydrogens is 384 g/mol. The summed E-state index contributed by atoms with van der Waals surface area (Å²) in [4.78, 5) is 0. The average Bonchev–Trinajstić information content (AvgIpc) is 3.40. The average molecular weight is 401 g/mol. The molecule has 0 aliphatic rings. The maximum Gasteiger partial charge on any atom is 0.211 e. The van der Waals surface area contributed by atoms with E-state index in [1.165, 1.54) is 34.2 Å². The van der Waals surface area contributed by atoms with E-state index in [2.05, 4.69) is 25.7 Å². The number of aromatic nitrogens is 6. The van der Waals surface area contributed by atoms with Crippen LogP contribution in [0.1, 0.15) is 29.2 Å². The van der Waals surface area contributed by atoms with Gasteiger partial charge in [-0.25, -0.2) is 8.78 Å². The summed E-state index contributed by atoms with van der Waals surface area (Å²) >= 11 is 1.39. The molecule has 7 nitrogen and oxygen atoms in total. The van der Waals surface area contributed by atoms with Gasteiger partial charge in [0.05, 0.1) is 12.2 Å². The van der Waals surface area contributed by atoms with Gasteiger partial charge in [-0.15, -0.1) is 10.2 Å². The Morgan fingerprint density at radius 3 is 2.57 bits per heavy atom. The number of aryl methyl sites for hydroxylation is 1. The highest BCUT2D eigenvalue weighted by atomic mass is 32.1.